The fourth-order valence-electron chi connectivity index (χ4n) is 2.16. The van der Waals surface area contributed by atoms with Gasteiger partial charge in [-0.3, -0.25) is 4.79 Å². The van der Waals surface area contributed by atoms with Gasteiger partial charge in [0.2, 0.25) is 5.91 Å². The first-order valence-corrected chi connectivity index (χ1v) is 5.92. The number of halogens is 1. The average Bonchev–Trinajstić information content (AvgIpc) is 2.32. The van der Waals surface area contributed by atoms with Gasteiger partial charge in [0, 0.05) is 25.3 Å². The number of amides is 1. The van der Waals surface area contributed by atoms with E-state index < -0.39 is 0 Å². The zero-order chi connectivity index (χ0) is 12.3. The van der Waals surface area contributed by atoms with E-state index in [2.05, 4.69) is 0 Å². The lowest BCUT2D eigenvalue weighted by molar-refractivity contribution is -0.118. The maximum Gasteiger partial charge on any atom is 0.227 e. The van der Waals surface area contributed by atoms with Crippen LogP contribution in [0.15, 0.2) is 18.2 Å². The molecule has 92 valence electrons. The number of hydrogen-bond donors (Lipinski definition) is 1. The van der Waals surface area contributed by atoms with E-state index in [0.717, 1.165) is 17.7 Å². The lowest BCUT2D eigenvalue weighted by Gasteiger charge is -2.29. The van der Waals surface area contributed by atoms with Crippen LogP contribution in [0.4, 0.5) is 10.1 Å². The highest BCUT2D eigenvalue weighted by Gasteiger charge is 2.23. The molecule has 0 saturated carbocycles. The summed E-state index contributed by atoms with van der Waals surface area (Å²) in [6, 6.07) is 4.55. The molecule has 1 aliphatic heterocycles. The molecule has 1 aromatic rings. The van der Waals surface area contributed by atoms with Gasteiger partial charge in [-0.1, -0.05) is 0 Å². The van der Waals surface area contributed by atoms with Crippen LogP contribution >= 0.6 is 0 Å². The van der Waals surface area contributed by atoms with E-state index in [9.17, 15) is 9.18 Å². The topological polar surface area (TPSA) is 40.5 Å². The Labute approximate surface area is 99.9 Å². The normalized spacial score (nSPS) is 14.9. The van der Waals surface area contributed by atoms with Gasteiger partial charge in [-0.15, -0.1) is 0 Å². The van der Waals surface area contributed by atoms with Gasteiger partial charge in [0.05, 0.1) is 0 Å². The highest BCUT2D eigenvalue weighted by atomic mass is 19.1. The molecule has 17 heavy (non-hydrogen) atoms. The molecule has 1 heterocycles. The average molecular weight is 237 g/mol. The third kappa shape index (κ3) is 2.64. The Kier molecular flexibility index (Phi) is 3.74. The Morgan fingerprint density at radius 1 is 1.29 bits per heavy atom. The molecular formula is C13H16FNO2. The third-order valence-corrected chi connectivity index (χ3v) is 3.03. The van der Waals surface area contributed by atoms with Gasteiger partial charge < -0.3 is 10.0 Å². The highest BCUT2D eigenvalue weighted by molar-refractivity contribution is 5.96. The molecule has 3 nitrogen and oxygen atoms in total. The molecule has 1 amide bonds. The van der Waals surface area contributed by atoms with Crippen molar-refractivity contribution >= 4 is 11.6 Å². The molecule has 0 unspecified atom stereocenters. The minimum Gasteiger partial charge on any atom is -0.396 e. The number of benzene rings is 1. The van der Waals surface area contributed by atoms with Crippen LogP contribution in [-0.2, 0) is 11.2 Å². The molecule has 0 atom stereocenters. The maximum absolute atomic E-state index is 13.1. The van der Waals surface area contributed by atoms with Crippen LogP contribution in [-0.4, -0.2) is 24.2 Å². The number of anilines is 1. The number of carbonyl (C=O) groups is 1. The standard InChI is InChI=1S/C13H16FNO2/c14-11-4-5-12-10(9-11)3-6-13(17)15(12)7-1-2-8-16/h4-5,9,16H,1-3,6-8H2. The molecule has 1 N–H and O–H groups in total. The van der Waals surface area contributed by atoms with Crippen molar-refractivity contribution in [3.8, 4) is 0 Å². The van der Waals surface area contributed by atoms with E-state index in [-0.39, 0.29) is 18.3 Å². The SMILES string of the molecule is O=C1CCc2cc(F)ccc2N1CCCCO. The van der Waals surface area contributed by atoms with Gasteiger partial charge in [-0.05, 0) is 43.0 Å². The van der Waals surface area contributed by atoms with E-state index in [0.29, 0.717) is 25.8 Å². The van der Waals surface area contributed by atoms with Crippen molar-refractivity contribution in [2.45, 2.75) is 25.7 Å². The maximum atomic E-state index is 13.1. The van der Waals surface area contributed by atoms with Crippen molar-refractivity contribution in [3.05, 3.63) is 29.6 Å². The van der Waals surface area contributed by atoms with Gasteiger partial charge in [0.15, 0.2) is 0 Å². The molecule has 0 aromatic heterocycles. The number of rotatable bonds is 4. The summed E-state index contributed by atoms with van der Waals surface area (Å²) < 4.78 is 13.1. The van der Waals surface area contributed by atoms with Crippen LogP contribution in [0.25, 0.3) is 0 Å². The first kappa shape index (κ1) is 12.0. The lowest BCUT2D eigenvalue weighted by Crippen LogP contribution is -2.36. The van der Waals surface area contributed by atoms with Crippen LogP contribution in [0.5, 0.6) is 0 Å². The van der Waals surface area contributed by atoms with Gasteiger partial charge >= 0.3 is 0 Å². The summed E-state index contributed by atoms with van der Waals surface area (Å²) in [6.45, 7) is 0.732. The molecule has 1 aromatic carbocycles. The van der Waals surface area contributed by atoms with E-state index >= 15 is 0 Å². The van der Waals surface area contributed by atoms with E-state index in [1.54, 1.807) is 11.0 Å². The third-order valence-electron chi connectivity index (χ3n) is 3.03. The summed E-state index contributed by atoms with van der Waals surface area (Å²) in [5.41, 5.74) is 1.72. The van der Waals surface area contributed by atoms with Crippen LogP contribution in [0.2, 0.25) is 0 Å². The van der Waals surface area contributed by atoms with Gasteiger partial charge in [-0.25, -0.2) is 4.39 Å². The van der Waals surface area contributed by atoms with Crippen LogP contribution in [0.3, 0.4) is 0 Å². The lowest BCUT2D eigenvalue weighted by atomic mass is 10.0. The summed E-state index contributed by atoms with van der Waals surface area (Å²) in [4.78, 5) is 13.5. The van der Waals surface area contributed by atoms with Crippen molar-refractivity contribution in [3.63, 3.8) is 0 Å². The number of nitrogens with zero attached hydrogens (tertiary/aromatic N) is 1. The molecule has 4 heteroatoms. The second-order valence-corrected chi connectivity index (χ2v) is 4.25. The minimum absolute atomic E-state index is 0.0852. The summed E-state index contributed by atoms with van der Waals surface area (Å²) >= 11 is 0. The molecule has 1 aliphatic rings. The predicted octanol–water partition coefficient (Wildman–Crippen LogP) is 1.88. The van der Waals surface area contributed by atoms with E-state index in [1.807, 2.05) is 0 Å². The molecule has 0 radical (unpaired) electrons. The van der Waals surface area contributed by atoms with Crippen LogP contribution in [0.1, 0.15) is 24.8 Å². The molecule has 0 saturated heterocycles. The smallest absolute Gasteiger partial charge is 0.227 e. The molecule has 2 rings (SSSR count). The highest BCUT2D eigenvalue weighted by Crippen LogP contribution is 2.28. The largest absolute Gasteiger partial charge is 0.396 e. The fourth-order valence-corrected chi connectivity index (χ4v) is 2.16. The summed E-state index contributed by atoms with van der Waals surface area (Å²) in [6.07, 6.45) is 2.50. The van der Waals surface area contributed by atoms with Gasteiger partial charge in [0.25, 0.3) is 0 Å². The van der Waals surface area contributed by atoms with E-state index in [4.69, 9.17) is 5.11 Å². The number of aliphatic hydroxyl groups excluding tert-OH is 1. The molecule has 0 aliphatic carbocycles. The summed E-state index contributed by atoms with van der Waals surface area (Å²) in [7, 11) is 0. The molecular weight excluding hydrogens is 221 g/mol. The second kappa shape index (κ2) is 5.27. The quantitative estimate of drug-likeness (QED) is 0.812. The van der Waals surface area contributed by atoms with Crippen molar-refractivity contribution in [2.75, 3.05) is 18.1 Å². The Morgan fingerprint density at radius 3 is 2.88 bits per heavy atom. The van der Waals surface area contributed by atoms with Crippen LogP contribution in [0, 0.1) is 5.82 Å². The molecule has 0 bridgehead atoms. The fraction of sp³-hybridized carbons (Fsp3) is 0.462. The monoisotopic (exact) mass is 237 g/mol. The Morgan fingerprint density at radius 2 is 2.12 bits per heavy atom. The second-order valence-electron chi connectivity index (χ2n) is 4.25. The Bertz CT molecular complexity index is 420. The van der Waals surface area contributed by atoms with E-state index in [1.165, 1.54) is 12.1 Å². The number of aryl methyl sites for hydroxylation is 1. The number of unbranched alkanes of at least 4 members (excludes halogenated alkanes) is 1. The zero-order valence-corrected chi connectivity index (χ0v) is 9.66. The van der Waals surface area contributed by atoms with Crippen molar-refractivity contribution in [2.24, 2.45) is 0 Å². The zero-order valence-electron chi connectivity index (χ0n) is 9.66. The number of carbonyl (C=O) groups excluding carboxylic acids is 1. The van der Waals surface area contributed by atoms with Crippen molar-refractivity contribution in [1.29, 1.82) is 0 Å². The number of aliphatic hydroxyl groups is 1. The van der Waals surface area contributed by atoms with Crippen LogP contribution < -0.4 is 4.90 Å². The summed E-state index contributed by atoms with van der Waals surface area (Å²) in [5, 5.41) is 8.74. The minimum atomic E-state index is -0.256. The van der Waals surface area contributed by atoms with Gasteiger partial charge in [0.1, 0.15) is 5.82 Å². The number of fused-ring (bicyclic) bond motifs is 1. The molecule has 0 fully saturated rings. The predicted molar refractivity (Wildman–Crippen MR) is 63.4 cm³/mol. The Hall–Kier alpha value is -1.42. The van der Waals surface area contributed by atoms with Crippen molar-refractivity contribution in [1.82, 2.24) is 0 Å². The molecule has 0 spiro atoms. The summed E-state index contributed by atoms with van der Waals surface area (Å²) in [5.74, 6) is -0.171. The first-order valence-electron chi connectivity index (χ1n) is 5.92. The Balaban J connectivity index is 2.18. The van der Waals surface area contributed by atoms with Gasteiger partial charge in [-0.2, -0.15) is 0 Å². The number of hydrogen-bond acceptors (Lipinski definition) is 2. The van der Waals surface area contributed by atoms with Crippen molar-refractivity contribution < 1.29 is 14.3 Å². The first-order chi connectivity index (χ1) is 8.22.